The lowest BCUT2D eigenvalue weighted by Gasteiger charge is -2.22. The second-order valence-electron chi connectivity index (χ2n) is 5.01. The predicted molar refractivity (Wildman–Crippen MR) is 73.6 cm³/mol. The quantitative estimate of drug-likeness (QED) is 0.633. The third kappa shape index (κ3) is 3.51. The fourth-order valence-electron chi connectivity index (χ4n) is 2.28. The van der Waals surface area contributed by atoms with E-state index >= 15 is 0 Å². The Bertz CT molecular complexity index is 512. The maximum absolute atomic E-state index is 12.1. The average Bonchev–Trinajstić information content (AvgIpc) is 2.46. The van der Waals surface area contributed by atoms with Gasteiger partial charge in [-0.1, -0.05) is 0 Å². The largest absolute Gasteiger partial charge is 0.352 e. The van der Waals surface area contributed by atoms with Crippen molar-refractivity contribution in [2.45, 2.75) is 19.8 Å². The lowest BCUT2D eigenvalue weighted by Crippen LogP contribution is -2.38. The Hall–Kier alpha value is -2.02. The van der Waals surface area contributed by atoms with Gasteiger partial charge < -0.3 is 10.6 Å². The smallest absolute Gasteiger partial charge is 0.288 e. The minimum atomic E-state index is -0.547. The molecule has 2 N–H and O–H groups in total. The lowest BCUT2D eigenvalue weighted by atomic mass is 9.99. The summed E-state index contributed by atoms with van der Waals surface area (Å²) in [7, 11) is 0. The Labute approximate surface area is 116 Å². The first-order valence-electron chi connectivity index (χ1n) is 6.68. The summed E-state index contributed by atoms with van der Waals surface area (Å²) in [5, 5.41) is 16.8. The molecule has 1 unspecified atom stereocenters. The first-order valence-corrected chi connectivity index (χ1v) is 6.68. The topological polar surface area (TPSA) is 97.2 Å². The van der Waals surface area contributed by atoms with Crippen molar-refractivity contribution in [3.8, 4) is 0 Å². The van der Waals surface area contributed by atoms with Gasteiger partial charge in [-0.05, 0) is 38.8 Å². The van der Waals surface area contributed by atoms with Gasteiger partial charge in [0.1, 0.15) is 6.20 Å². The molecule has 1 aromatic heterocycles. The Morgan fingerprint density at radius 2 is 2.45 bits per heavy atom. The molecule has 0 spiro atoms. The van der Waals surface area contributed by atoms with Crippen molar-refractivity contribution in [3.05, 3.63) is 33.6 Å². The Balaban J connectivity index is 2.00. The monoisotopic (exact) mass is 278 g/mol. The van der Waals surface area contributed by atoms with Crippen molar-refractivity contribution >= 4 is 11.6 Å². The van der Waals surface area contributed by atoms with Crippen LogP contribution in [0.3, 0.4) is 0 Å². The maximum Gasteiger partial charge on any atom is 0.288 e. The number of piperidine rings is 1. The van der Waals surface area contributed by atoms with Gasteiger partial charge in [-0.15, -0.1) is 0 Å². The molecule has 0 aliphatic carbocycles. The van der Waals surface area contributed by atoms with Gasteiger partial charge in [0.25, 0.3) is 11.6 Å². The molecule has 7 heteroatoms. The van der Waals surface area contributed by atoms with Gasteiger partial charge in [-0.2, -0.15) is 0 Å². The van der Waals surface area contributed by atoms with Gasteiger partial charge in [0.05, 0.1) is 16.2 Å². The highest BCUT2D eigenvalue weighted by Gasteiger charge is 2.18. The molecule has 0 aromatic carbocycles. The van der Waals surface area contributed by atoms with Gasteiger partial charge >= 0.3 is 0 Å². The number of aryl methyl sites for hydroxylation is 1. The lowest BCUT2D eigenvalue weighted by molar-refractivity contribution is -0.385. The molecule has 2 rings (SSSR count). The molecular formula is C13H18N4O3. The van der Waals surface area contributed by atoms with Crippen molar-refractivity contribution in [2.24, 2.45) is 5.92 Å². The highest BCUT2D eigenvalue weighted by atomic mass is 16.6. The summed E-state index contributed by atoms with van der Waals surface area (Å²) >= 11 is 0. The van der Waals surface area contributed by atoms with E-state index in [4.69, 9.17) is 0 Å². The Morgan fingerprint density at radius 1 is 1.65 bits per heavy atom. The van der Waals surface area contributed by atoms with E-state index in [1.807, 2.05) is 0 Å². The molecule has 2 heterocycles. The van der Waals surface area contributed by atoms with E-state index in [-0.39, 0.29) is 17.2 Å². The van der Waals surface area contributed by atoms with Crippen LogP contribution in [-0.2, 0) is 0 Å². The predicted octanol–water partition coefficient (Wildman–Crippen LogP) is 1.03. The van der Waals surface area contributed by atoms with E-state index in [2.05, 4.69) is 15.6 Å². The summed E-state index contributed by atoms with van der Waals surface area (Å²) < 4.78 is 0. The number of carbonyl (C=O) groups excluding carboxylic acids is 1. The van der Waals surface area contributed by atoms with Crippen LogP contribution >= 0.6 is 0 Å². The first-order chi connectivity index (χ1) is 9.58. The molecule has 1 amide bonds. The number of aromatic nitrogens is 1. The van der Waals surface area contributed by atoms with Crippen LogP contribution in [0.1, 0.15) is 28.9 Å². The summed E-state index contributed by atoms with van der Waals surface area (Å²) in [6.07, 6.45) is 3.36. The molecule has 1 aliphatic rings. The van der Waals surface area contributed by atoms with Crippen LogP contribution in [0.25, 0.3) is 0 Å². The first kappa shape index (κ1) is 14.4. The van der Waals surface area contributed by atoms with Crippen LogP contribution < -0.4 is 10.6 Å². The number of pyridine rings is 1. The van der Waals surface area contributed by atoms with Crippen LogP contribution in [0.2, 0.25) is 0 Å². The van der Waals surface area contributed by atoms with Crippen molar-refractivity contribution in [1.29, 1.82) is 0 Å². The van der Waals surface area contributed by atoms with Crippen molar-refractivity contribution in [3.63, 3.8) is 0 Å². The van der Waals surface area contributed by atoms with Crippen molar-refractivity contribution < 1.29 is 9.72 Å². The molecule has 0 saturated carbocycles. The molecular weight excluding hydrogens is 260 g/mol. The molecule has 1 fully saturated rings. The summed E-state index contributed by atoms with van der Waals surface area (Å²) in [5.74, 6) is 0.115. The number of hydrogen-bond acceptors (Lipinski definition) is 5. The normalized spacial score (nSPS) is 18.6. The highest BCUT2D eigenvalue weighted by Crippen LogP contribution is 2.15. The van der Waals surface area contributed by atoms with Crippen LogP contribution in [0.15, 0.2) is 12.3 Å². The van der Waals surface area contributed by atoms with Crippen molar-refractivity contribution in [1.82, 2.24) is 15.6 Å². The van der Waals surface area contributed by atoms with Crippen LogP contribution in [-0.4, -0.2) is 35.4 Å². The highest BCUT2D eigenvalue weighted by molar-refractivity contribution is 5.95. The zero-order valence-electron chi connectivity index (χ0n) is 11.4. The number of nitro groups is 1. The van der Waals surface area contributed by atoms with Gasteiger partial charge in [0, 0.05) is 12.6 Å². The number of nitrogens with one attached hydrogen (secondary N) is 2. The summed E-state index contributed by atoms with van der Waals surface area (Å²) in [4.78, 5) is 26.2. The average molecular weight is 278 g/mol. The molecule has 0 radical (unpaired) electrons. The molecule has 108 valence electrons. The second kappa shape index (κ2) is 6.42. The van der Waals surface area contributed by atoms with Gasteiger partial charge in [0.15, 0.2) is 0 Å². The van der Waals surface area contributed by atoms with Crippen LogP contribution in [0.5, 0.6) is 0 Å². The Kier molecular flexibility index (Phi) is 4.62. The fourth-order valence-corrected chi connectivity index (χ4v) is 2.28. The third-order valence-electron chi connectivity index (χ3n) is 3.48. The molecule has 1 saturated heterocycles. The number of amides is 1. The van der Waals surface area contributed by atoms with E-state index < -0.39 is 4.92 Å². The van der Waals surface area contributed by atoms with E-state index in [1.54, 1.807) is 6.92 Å². The number of carbonyl (C=O) groups is 1. The van der Waals surface area contributed by atoms with Crippen LogP contribution in [0, 0.1) is 23.0 Å². The molecule has 20 heavy (non-hydrogen) atoms. The van der Waals surface area contributed by atoms with E-state index in [0.717, 1.165) is 32.1 Å². The molecule has 0 bridgehead atoms. The third-order valence-corrected chi connectivity index (χ3v) is 3.48. The van der Waals surface area contributed by atoms with Crippen LogP contribution in [0.4, 0.5) is 5.69 Å². The maximum atomic E-state index is 12.1. The van der Waals surface area contributed by atoms with E-state index in [1.165, 1.54) is 6.07 Å². The molecule has 1 aliphatic heterocycles. The van der Waals surface area contributed by atoms with Gasteiger partial charge in [-0.25, -0.2) is 0 Å². The fraction of sp³-hybridized carbons (Fsp3) is 0.538. The van der Waals surface area contributed by atoms with E-state index in [9.17, 15) is 14.9 Å². The SMILES string of the molecule is Cc1ncc([N+](=O)[O-])cc1C(=O)NCC1CCCNC1. The summed E-state index contributed by atoms with van der Waals surface area (Å²) in [6.45, 7) is 4.17. The van der Waals surface area contributed by atoms with Gasteiger partial charge in [0.2, 0.25) is 0 Å². The summed E-state index contributed by atoms with van der Waals surface area (Å²) in [6, 6.07) is 1.27. The standard InChI is InChI=1S/C13H18N4O3/c1-9-12(5-11(8-15-9)17(19)20)13(18)16-7-10-3-2-4-14-6-10/h5,8,10,14H,2-4,6-7H2,1H3,(H,16,18). The zero-order chi connectivity index (χ0) is 14.5. The molecule has 1 aromatic rings. The van der Waals surface area contributed by atoms with Gasteiger partial charge in [-0.3, -0.25) is 19.9 Å². The number of hydrogen-bond donors (Lipinski definition) is 2. The molecule has 7 nitrogen and oxygen atoms in total. The second-order valence-corrected chi connectivity index (χ2v) is 5.01. The van der Waals surface area contributed by atoms with E-state index in [0.29, 0.717) is 18.2 Å². The van der Waals surface area contributed by atoms with Crippen molar-refractivity contribution in [2.75, 3.05) is 19.6 Å². The molecule has 1 atom stereocenters. The summed E-state index contributed by atoms with van der Waals surface area (Å²) in [5.41, 5.74) is 0.595. The minimum Gasteiger partial charge on any atom is -0.352 e. The zero-order valence-corrected chi connectivity index (χ0v) is 11.4. The number of nitrogens with zero attached hydrogens (tertiary/aromatic N) is 2. The Morgan fingerprint density at radius 3 is 3.10 bits per heavy atom. The minimum absolute atomic E-state index is 0.167. The number of rotatable bonds is 4.